The van der Waals surface area contributed by atoms with E-state index in [0.29, 0.717) is 6.54 Å². The Labute approximate surface area is 159 Å². The summed E-state index contributed by atoms with van der Waals surface area (Å²) in [7, 11) is 0. The van der Waals surface area contributed by atoms with Crippen molar-refractivity contribution < 1.29 is 9.53 Å². The maximum Gasteiger partial charge on any atom is 0.251 e. The molecule has 1 aliphatic heterocycles. The molecule has 3 rings (SSSR count). The van der Waals surface area contributed by atoms with Crippen LogP contribution in [0.3, 0.4) is 0 Å². The van der Waals surface area contributed by atoms with Crippen LogP contribution in [0.2, 0.25) is 0 Å². The first-order valence-electron chi connectivity index (χ1n) is 8.98. The van der Waals surface area contributed by atoms with Gasteiger partial charge in [0.05, 0.1) is 19.3 Å². The van der Waals surface area contributed by atoms with Crippen molar-refractivity contribution in [2.75, 3.05) is 39.1 Å². The molecule has 2 aromatic carbocycles. The Bertz CT molecular complexity index is 730. The number of nitrogens with one attached hydrogen (secondary N) is 1. The summed E-state index contributed by atoms with van der Waals surface area (Å²) in [4.78, 5) is 16.3. The van der Waals surface area contributed by atoms with E-state index in [-0.39, 0.29) is 11.9 Å². The first-order valence-corrected chi connectivity index (χ1v) is 10.2. The lowest BCUT2D eigenvalue weighted by Crippen LogP contribution is -2.43. The molecule has 2 aromatic rings. The van der Waals surface area contributed by atoms with Crippen LogP contribution in [0.5, 0.6) is 0 Å². The molecule has 26 heavy (non-hydrogen) atoms. The van der Waals surface area contributed by atoms with Crippen molar-refractivity contribution in [1.29, 1.82) is 0 Å². The molecule has 5 heteroatoms. The van der Waals surface area contributed by atoms with Crippen LogP contribution in [-0.2, 0) is 4.74 Å². The molecule has 0 spiro atoms. The molecule has 1 N–H and O–H groups in total. The topological polar surface area (TPSA) is 41.6 Å². The largest absolute Gasteiger partial charge is 0.379 e. The molecule has 138 valence electrons. The molecule has 4 nitrogen and oxygen atoms in total. The third-order valence-electron chi connectivity index (χ3n) is 4.82. The van der Waals surface area contributed by atoms with Crippen LogP contribution in [-0.4, -0.2) is 49.9 Å². The standard InChI is InChI=1S/C21H26N2O2S/c1-16-8-9-18(26-2)14-19(16)21(24)22-15-20(17-6-4-3-5-7-17)23-10-12-25-13-11-23/h3-9,14,20H,10-13,15H2,1-2H3,(H,22,24). The lowest BCUT2D eigenvalue weighted by atomic mass is 10.0. The average molecular weight is 371 g/mol. The third-order valence-corrected chi connectivity index (χ3v) is 5.54. The van der Waals surface area contributed by atoms with E-state index in [2.05, 4.69) is 40.5 Å². The van der Waals surface area contributed by atoms with Gasteiger partial charge in [-0.15, -0.1) is 11.8 Å². The number of morpholine rings is 1. The Morgan fingerprint density at radius 1 is 1.19 bits per heavy atom. The SMILES string of the molecule is CSc1ccc(C)c(C(=O)NCC(c2ccccc2)N2CCOCC2)c1. The van der Waals surface area contributed by atoms with Crippen LogP contribution in [0.1, 0.15) is 27.5 Å². The van der Waals surface area contributed by atoms with Crippen molar-refractivity contribution in [2.45, 2.75) is 17.9 Å². The van der Waals surface area contributed by atoms with Crippen molar-refractivity contribution in [3.8, 4) is 0 Å². The highest BCUT2D eigenvalue weighted by Gasteiger charge is 2.23. The van der Waals surface area contributed by atoms with Gasteiger partial charge in [-0.1, -0.05) is 36.4 Å². The zero-order chi connectivity index (χ0) is 18.4. The molecular weight excluding hydrogens is 344 g/mol. The van der Waals surface area contributed by atoms with Crippen molar-refractivity contribution >= 4 is 17.7 Å². The van der Waals surface area contributed by atoms with Crippen molar-refractivity contribution in [3.05, 3.63) is 65.2 Å². The van der Waals surface area contributed by atoms with Crippen LogP contribution in [0.4, 0.5) is 0 Å². The second-order valence-electron chi connectivity index (χ2n) is 6.47. The first-order chi connectivity index (χ1) is 12.7. The fourth-order valence-electron chi connectivity index (χ4n) is 3.28. The summed E-state index contributed by atoms with van der Waals surface area (Å²) in [5, 5.41) is 3.16. The van der Waals surface area contributed by atoms with E-state index in [1.807, 2.05) is 31.4 Å². The molecule has 1 unspecified atom stereocenters. The Hall–Kier alpha value is -1.82. The fourth-order valence-corrected chi connectivity index (χ4v) is 3.72. The van der Waals surface area contributed by atoms with Crippen LogP contribution in [0.15, 0.2) is 53.4 Å². The van der Waals surface area contributed by atoms with Crippen LogP contribution in [0, 0.1) is 6.92 Å². The molecule has 1 fully saturated rings. The van der Waals surface area contributed by atoms with Crippen molar-refractivity contribution in [1.82, 2.24) is 10.2 Å². The van der Waals surface area contributed by atoms with Crippen LogP contribution < -0.4 is 5.32 Å². The summed E-state index contributed by atoms with van der Waals surface area (Å²) in [6.45, 7) is 5.83. The lowest BCUT2D eigenvalue weighted by Gasteiger charge is -2.35. The third kappa shape index (κ3) is 4.67. The van der Waals surface area contributed by atoms with E-state index in [1.54, 1.807) is 11.8 Å². The van der Waals surface area contributed by atoms with Gasteiger partial charge in [0.1, 0.15) is 0 Å². The number of nitrogens with zero attached hydrogens (tertiary/aromatic N) is 1. The molecule has 0 saturated carbocycles. The second kappa shape index (κ2) is 9.21. The maximum atomic E-state index is 12.8. The molecule has 0 bridgehead atoms. The molecule has 1 atom stereocenters. The number of carbonyl (C=O) groups excluding carboxylic acids is 1. The summed E-state index contributed by atoms with van der Waals surface area (Å²) in [5.74, 6) is -0.00686. The maximum absolute atomic E-state index is 12.8. The highest BCUT2D eigenvalue weighted by Crippen LogP contribution is 2.22. The highest BCUT2D eigenvalue weighted by molar-refractivity contribution is 7.98. The zero-order valence-corrected chi connectivity index (χ0v) is 16.2. The van der Waals surface area contributed by atoms with Gasteiger partial charge in [-0.25, -0.2) is 0 Å². The van der Waals surface area contributed by atoms with Crippen LogP contribution in [0.25, 0.3) is 0 Å². The van der Waals surface area contributed by atoms with E-state index < -0.39 is 0 Å². The van der Waals surface area contributed by atoms with Gasteiger partial charge in [-0.3, -0.25) is 9.69 Å². The second-order valence-corrected chi connectivity index (χ2v) is 7.35. The molecule has 1 aliphatic rings. The van der Waals surface area contributed by atoms with E-state index in [0.717, 1.165) is 42.3 Å². The summed E-state index contributed by atoms with van der Waals surface area (Å²) in [6, 6.07) is 16.6. The monoisotopic (exact) mass is 370 g/mol. The number of hydrogen-bond donors (Lipinski definition) is 1. The van der Waals surface area contributed by atoms with Gasteiger partial charge in [0, 0.05) is 30.1 Å². The highest BCUT2D eigenvalue weighted by atomic mass is 32.2. The van der Waals surface area contributed by atoms with Gasteiger partial charge >= 0.3 is 0 Å². The number of aryl methyl sites for hydroxylation is 1. The number of thioether (sulfide) groups is 1. The van der Waals surface area contributed by atoms with Gasteiger partial charge in [0.15, 0.2) is 0 Å². The Morgan fingerprint density at radius 3 is 2.62 bits per heavy atom. The lowest BCUT2D eigenvalue weighted by molar-refractivity contribution is 0.0162. The number of rotatable bonds is 6. The Morgan fingerprint density at radius 2 is 1.92 bits per heavy atom. The molecule has 1 amide bonds. The smallest absolute Gasteiger partial charge is 0.251 e. The molecule has 0 radical (unpaired) electrons. The zero-order valence-electron chi connectivity index (χ0n) is 15.4. The number of amides is 1. The molecule has 0 aliphatic carbocycles. The first kappa shape index (κ1) is 19.0. The van der Waals surface area contributed by atoms with E-state index in [9.17, 15) is 4.79 Å². The van der Waals surface area contributed by atoms with Gasteiger partial charge in [-0.2, -0.15) is 0 Å². The summed E-state index contributed by atoms with van der Waals surface area (Å²) in [6.07, 6.45) is 2.02. The minimum absolute atomic E-state index is 0.00686. The van der Waals surface area contributed by atoms with Gasteiger partial charge in [0.25, 0.3) is 5.91 Å². The number of benzene rings is 2. The molecule has 1 saturated heterocycles. The van der Waals surface area contributed by atoms with Crippen LogP contribution >= 0.6 is 11.8 Å². The Balaban J connectivity index is 1.74. The predicted molar refractivity (Wildman–Crippen MR) is 107 cm³/mol. The van der Waals surface area contributed by atoms with Gasteiger partial charge in [0.2, 0.25) is 0 Å². The van der Waals surface area contributed by atoms with E-state index >= 15 is 0 Å². The summed E-state index contributed by atoms with van der Waals surface area (Å²) < 4.78 is 5.49. The quantitative estimate of drug-likeness (QED) is 0.790. The molecule has 1 heterocycles. The number of ether oxygens (including phenoxy) is 1. The normalized spacial score (nSPS) is 16.2. The fraction of sp³-hybridized carbons (Fsp3) is 0.381. The molecular formula is C21H26N2O2S. The molecule has 0 aromatic heterocycles. The number of carbonyl (C=O) groups is 1. The summed E-state index contributed by atoms with van der Waals surface area (Å²) in [5.41, 5.74) is 2.98. The number of hydrogen-bond acceptors (Lipinski definition) is 4. The van der Waals surface area contributed by atoms with Gasteiger partial charge < -0.3 is 10.1 Å². The van der Waals surface area contributed by atoms with Gasteiger partial charge in [-0.05, 0) is 36.4 Å². The Kier molecular flexibility index (Phi) is 6.72. The van der Waals surface area contributed by atoms with Crippen molar-refractivity contribution in [3.63, 3.8) is 0 Å². The minimum atomic E-state index is -0.00686. The average Bonchev–Trinajstić information content (AvgIpc) is 2.70. The van der Waals surface area contributed by atoms with E-state index in [4.69, 9.17) is 4.74 Å². The minimum Gasteiger partial charge on any atom is -0.379 e. The predicted octanol–water partition coefficient (Wildman–Crippen LogP) is 3.52. The summed E-state index contributed by atoms with van der Waals surface area (Å²) >= 11 is 1.65. The van der Waals surface area contributed by atoms with E-state index in [1.165, 1.54) is 5.56 Å². The van der Waals surface area contributed by atoms with Crippen molar-refractivity contribution in [2.24, 2.45) is 0 Å².